The van der Waals surface area contributed by atoms with Crippen molar-refractivity contribution in [1.82, 2.24) is 5.32 Å². The van der Waals surface area contributed by atoms with Crippen molar-refractivity contribution in [2.24, 2.45) is 11.7 Å². The summed E-state index contributed by atoms with van der Waals surface area (Å²) in [7, 11) is 0. The van der Waals surface area contributed by atoms with Crippen LogP contribution in [-0.4, -0.2) is 11.9 Å². The molecule has 1 saturated carbocycles. The van der Waals surface area contributed by atoms with Crippen LogP contribution in [0.15, 0.2) is 24.3 Å². The number of nitrogens with two attached hydrogens (primary N) is 1. The number of nitrogens with one attached hydrogen (secondary N) is 1. The van der Waals surface area contributed by atoms with Crippen molar-refractivity contribution in [2.75, 3.05) is 0 Å². The zero-order valence-electron chi connectivity index (χ0n) is 11.7. The average molecular weight is 260 g/mol. The van der Waals surface area contributed by atoms with E-state index >= 15 is 0 Å². The van der Waals surface area contributed by atoms with Gasteiger partial charge in [-0.15, -0.1) is 0 Å². The van der Waals surface area contributed by atoms with Crippen LogP contribution in [-0.2, 0) is 6.54 Å². The number of amides is 1. The van der Waals surface area contributed by atoms with Crippen LogP contribution < -0.4 is 11.1 Å². The number of benzene rings is 1. The molecular weight excluding hydrogens is 236 g/mol. The van der Waals surface area contributed by atoms with Crippen molar-refractivity contribution in [1.29, 1.82) is 0 Å². The Balaban J connectivity index is 1.98. The van der Waals surface area contributed by atoms with E-state index in [2.05, 4.69) is 12.2 Å². The lowest BCUT2D eigenvalue weighted by Gasteiger charge is -2.31. The fourth-order valence-corrected chi connectivity index (χ4v) is 2.93. The molecule has 2 rings (SSSR count). The van der Waals surface area contributed by atoms with E-state index in [0.29, 0.717) is 18.5 Å². The van der Waals surface area contributed by atoms with Crippen LogP contribution in [0.25, 0.3) is 0 Å². The van der Waals surface area contributed by atoms with E-state index in [9.17, 15) is 4.79 Å². The molecule has 1 fully saturated rings. The Labute approximate surface area is 115 Å². The third-order valence-corrected chi connectivity index (χ3v) is 4.20. The van der Waals surface area contributed by atoms with Gasteiger partial charge >= 0.3 is 0 Å². The fourth-order valence-electron chi connectivity index (χ4n) is 2.93. The lowest BCUT2D eigenvalue weighted by atomic mass is 9.83. The van der Waals surface area contributed by atoms with E-state index in [1.807, 2.05) is 24.3 Å². The minimum absolute atomic E-state index is 0.0499. The van der Waals surface area contributed by atoms with Crippen LogP contribution in [0.3, 0.4) is 0 Å². The van der Waals surface area contributed by atoms with Crippen molar-refractivity contribution < 1.29 is 4.79 Å². The summed E-state index contributed by atoms with van der Waals surface area (Å²) in [6, 6.07) is 7.92. The Bertz CT molecular complexity index is 413. The molecule has 3 N–H and O–H groups in total. The molecule has 0 aromatic heterocycles. The Kier molecular flexibility index (Phi) is 4.97. The lowest BCUT2D eigenvalue weighted by Crippen LogP contribution is -2.41. The molecule has 0 bridgehead atoms. The van der Waals surface area contributed by atoms with Crippen molar-refractivity contribution in [2.45, 2.75) is 51.6 Å². The molecule has 0 radical (unpaired) electrons. The highest BCUT2D eigenvalue weighted by molar-refractivity contribution is 5.94. The molecule has 3 nitrogen and oxygen atoms in total. The molecule has 19 heavy (non-hydrogen) atoms. The van der Waals surface area contributed by atoms with Gasteiger partial charge in [0.05, 0.1) is 0 Å². The Morgan fingerprint density at radius 1 is 1.26 bits per heavy atom. The van der Waals surface area contributed by atoms with E-state index in [4.69, 9.17) is 5.73 Å². The van der Waals surface area contributed by atoms with E-state index in [-0.39, 0.29) is 5.91 Å². The Morgan fingerprint density at radius 3 is 2.58 bits per heavy atom. The summed E-state index contributed by atoms with van der Waals surface area (Å²) in [6.45, 7) is 2.73. The third kappa shape index (κ3) is 3.57. The van der Waals surface area contributed by atoms with Crippen LogP contribution in [0.2, 0.25) is 0 Å². The first-order chi connectivity index (χ1) is 9.24. The monoisotopic (exact) mass is 260 g/mol. The third-order valence-electron chi connectivity index (χ3n) is 4.20. The molecule has 1 aliphatic rings. The molecule has 2 unspecified atom stereocenters. The summed E-state index contributed by atoms with van der Waals surface area (Å²) in [5, 5.41) is 3.20. The number of carbonyl (C=O) groups is 1. The fraction of sp³-hybridized carbons (Fsp3) is 0.562. The van der Waals surface area contributed by atoms with E-state index in [1.54, 1.807) is 0 Å². The van der Waals surface area contributed by atoms with Crippen molar-refractivity contribution >= 4 is 5.91 Å². The zero-order chi connectivity index (χ0) is 13.7. The molecule has 3 heteroatoms. The molecule has 2 atom stereocenters. The quantitative estimate of drug-likeness (QED) is 0.874. The summed E-state index contributed by atoms with van der Waals surface area (Å²) in [4.78, 5) is 12.2. The first-order valence-corrected chi connectivity index (χ1v) is 7.34. The summed E-state index contributed by atoms with van der Waals surface area (Å²) in [6.07, 6.45) is 6.04. The Morgan fingerprint density at radius 2 is 1.95 bits per heavy atom. The van der Waals surface area contributed by atoms with Gasteiger partial charge in [-0.3, -0.25) is 4.79 Å². The first-order valence-electron chi connectivity index (χ1n) is 7.34. The molecule has 0 saturated heterocycles. The second kappa shape index (κ2) is 6.71. The summed E-state index contributed by atoms with van der Waals surface area (Å²) in [5.74, 6) is 0.690. The minimum atomic E-state index is 0.0499. The SMILES string of the molecule is CCC1CCCCC1NC(=O)c1ccc(CN)cc1. The highest BCUT2D eigenvalue weighted by Gasteiger charge is 2.25. The summed E-state index contributed by atoms with van der Waals surface area (Å²) in [5.41, 5.74) is 7.35. The highest BCUT2D eigenvalue weighted by atomic mass is 16.1. The molecule has 0 aliphatic heterocycles. The molecular formula is C16H24N2O. The largest absolute Gasteiger partial charge is 0.349 e. The van der Waals surface area contributed by atoms with Gasteiger partial charge in [0.15, 0.2) is 0 Å². The van der Waals surface area contributed by atoms with E-state index in [1.165, 1.54) is 19.3 Å². The normalized spacial score (nSPS) is 23.1. The maximum Gasteiger partial charge on any atom is 0.251 e. The average Bonchev–Trinajstić information content (AvgIpc) is 2.48. The van der Waals surface area contributed by atoms with Crippen LogP contribution in [0.5, 0.6) is 0 Å². The number of rotatable bonds is 4. The molecule has 1 aromatic carbocycles. The van der Waals surface area contributed by atoms with E-state index < -0.39 is 0 Å². The molecule has 1 aliphatic carbocycles. The van der Waals surface area contributed by atoms with Gasteiger partial charge in [-0.2, -0.15) is 0 Å². The van der Waals surface area contributed by atoms with Gasteiger partial charge < -0.3 is 11.1 Å². The minimum Gasteiger partial charge on any atom is -0.349 e. The first kappa shape index (κ1) is 14.1. The predicted octanol–water partition coefficient (Wildman–Crippen LogP) is 2.84. The van der Waals surface area contributed by atoms with Gasteiger partial charge in [0.25, 0.3) is 5.91 Å². The summed E-state index contributed by atoms with van der Waals surface area (Å²) >= 11 is 0. The van der Waals surface area contributed by atoms with E-state index in [0.717, 1.165) is 24.0 Å². The predicted molar refractivity (Wildman–Crippen MR) is 77.8 cm³/mol. The lowest BCUT2D eigenvalue weighted by molar-refractivity contribution is 0.0904. The van der Waals surface area contributed by atoms with Crippen molar-refractivity contribution in [3.8, 4) is 0 Å². The Hall–Kier alpha value is -1.35. The van der Waals surface area contributed by atoms with Crippen molar-refractivity contribution in [3.63, 3.8) is 0 Å². The van der Waals surface area contributed by atoms with Gasteiger partial charge in [0.2, 0.25) is 0 Å². The second-order valence-corrected chi connectivity index (χ2v) is 5.43. The van der Waals surface area contributed by atoms with Gasteiger partial charge in [0.1, 0.15) is 0 Å². The van der Waals surface area contributed by atoms with Crippen LogP contribution in [0, 0.1) is 5.92 Å². The van der Waals surface area contributed by atoms with Crippen molar-refractivity contribution in [3.05, 3.63) is 35.4 Å². The molecule has 104 valence electrons. The maximum atomic E-state index is 12.2. The standard InChI is InChI=1S/C16H24N2O/c1-2-13-5-3-4-6-15(13)18-16(19)14-9-7-12(11-17)8-10-14/h7-10,13,15H,2-6,11,17H2,1H3,(H,18,19). The number of carbonyl (C=O) groups excluding carboxylic acids is 1. The molecule has 1 amide bonds. The topological polar surface area (TPSA) is 55.1 Å². The van der Waals surface area contributed by atoms with Crippen LogP contribution >= 0.6 is 0 Å². The number of hydrogen-bond acceptors (Lipinski definition) is 2. The van der Waals surface area contributed by atoms with Gasteiger partial charge in [-0.1, -0.05) is 38.3 Å². The molecule has 0 spiro atoms. The highest BCUT2D eigenvalue weighted by Crippen LogP contribution is 2.27. The zero-order valence-corrected chi connectivity index (χ0v) is 11.7. The van der Waals surface area contributed by atoms with Gasteiger partial charge in [0, 0.05) is 18.2 Å². The number of hydrogen-bond donors (Lipinski definition) is 2. The molecule has 1 aromatic rings. The second-order valence-electron chi connectivity index (χ2n) is 5.43. The summed E-state index contributed by atoms with van der Waals surface area (Å²) < 4.78 is 0. The maximum absolute atomic E-state index is 12.2. The van der Waals surface area contributed by atoms with Gasteiger partial charge in [-0.05, 0) is 36.5 Å². The van der Waals surface area contributed by atoms with Crippen LogP contribution in [0.1, 0.15) is 54.9 Å². The van der Waals surface area contributed by atoms with Crippen LogP contribution in [0.4, 0.5) is 0 Å². The smallest absolute Gasteiger partial charge is 0.251 e. The van der Waals surface area contributed by atoms with Gasteiger partial charge in [-0.25, -0.2) is 0 Å². The molecule has 0 heterocycles.